The highest BCUT2D eigenvalue weighted by atomic mass is 19.1. The lowest BCUT2D eigenvalue weighted by molar-refractivity contribution is -0.118. The third kappa shape index (κ3) is 6.38. The van der Waals surface area contributed by atoms with Gasteiger partial charge in [-0.05, 0) is 73.5 Å². The molecule has 0 aromatic heterocycles. The van der Waals surface area contributed by atoms with Gasteiger partial charge in [0.05, 0.1) is 13.3 Å². The van der Waals surface area contributed by atoms with Gasteiger partial charge in [0, 0.05) is 35.6 Å². The Bertz CT molecular complexity index is 1220. The first kappa shape index (κ1) is 24.7. The van der Waals surface area contributed by atoms with Crippen LogP contribution in [0.4, 0.5) is 15.8 Å². The van der Waals surface area contributed by atoms with Crippen LogP contribution in [0.2, 0.25) is 0 Å². The number of hydrogen-bond donors (Lipinski definition) is 2. The minimum atomic E-state index is -0.430. The molecule has 0 unspecified atom stereocenters. The number of para-hydroxylation sites is 1. The molecule has 0 saturated carbocycles. The zero-order chi connectivity index (χ0) is 25.3. The van der Waals surface area contributed by atoms with Gasteiger partial charge in [0.15, 0.2) is 18.1 Å². The highest BCUT2D eigenvalue weighted by molar-refractivity contribution is 5.96. The fourth-order valence-corrected chi connectivity index (χ4v) is 3.84. The maximum atomic E-state index is 13.1. The lowest BCUT2D eigenvalue weighted by Crippen LogP contribution is -2.21. The van der Waals surface area contributed by atoms with Gasteiger partial charge in [0.1, 0.15) is 5.82 Å². The molecule has 1 aliphatic rings. The van der Waals surface area contributed by atoms with Crippen molar-refractivity contribution in [2.24, 2.45) is 5.10 Å². The molecule has 0 aliphatic carbocycles. The lowest BCUT2D eigenvalue weighted by Gasteiger charge is -2.17. The maximum absolute atomic E-state index is 13.1. The van der Waals surface area contributed by atoms with Gasteiger partial charge in [0.25, 0.3) is 11.8 Å². The average Bonchev–Trinajstić information content (AvgIpc) is 3.44. The van der Waals surface area contributed by atoms with E-state index >= 15 is 0 Å². The van der Waals surface area contributed by atoms with Crippen molar-refractivity contribution in [1.82, 2.24) is 5.43 Å². The van der Waals surface area contributed by atoms with Crippen LogP contribution >= 0.6 is 0 Å². The number of nitrogens with one attached hydrogen (secondary N) is 2. The molecule has 4 rings (SSSR count). The number of hydrogen-bond acceptors (Lipinski definition) is 6. The van der Waals surface area contributed by atoms with Crippen LogP contribution in [0.25, 0.3) is 0 Å². The Labute approximate surface area is 208 Å². The largest absolute Gasteiger partial charge is 0.493 e. The zero-order valence-corrected chi connectivity index (χ0v) is 19.9. The average molecular weight is 491 g/mol. The Hall–Kier alpha value is -4.40. The number of carbonyl (C=O) groups is 2. The predicted octanol–water partition coefficient (Wildman–Crippen LogP) is 4.22. The van der Waals surface area contributed by atoms with E-state index in [2.05, 4.69) is 20.7 Å². The standard InChI is InChI=1S/C27H27FN4O4/c1-35-24-6-4-5-20(26(24)36-18-25(33)30-22-11-9-21(28)10-12-22)17-29-31-27(34)19-7-13-23(14-8-19)32-15-2-3-16-32/h4-14,17H,2-3,15-16,18H2,1H3,(H,30,33)(H,31,34)/b29-17-. The molecule has 2 N–H and O–H groups in total. The van der Waals surface area contributed by atoms with Crippen molar-refractivity contribution in [3.63, 3.8) is 0 Å². The third-order valence-corrected chi connectivity index (χ3v) is 5.68. The van der Waals surface area contributed by atoms with Gasteiger partial charge in [-0.15, -0.1) is 0 Å². The van der Waals surface area contributed by atoms with Crippen LogP contribution in [-0.2, 0) is 4.79 Å². The number of carbonyl (C=O) groups excluding carboxylic acids is 2. The van der Waals surface area contributed by atoms with Crippen LogP contribution < -0.4 is 25.1 Å². The Balaban J connectivity index is 1.37. The van der Waals surface area contributed by atoms with E-state index in [0.717, 1.165) is 18.8 Å². The fraction of sp³-hybridized carbons (Fsp3) is 0.222. The summed E-state index contributed by atoms with van der Waals surface area (Å²) in [7, 11) is 1.48. The first-order valence-corrected chi connectivity index (χ1v) is 11.6. The minimum absolute atomic E-state index is 0.294. The Morgan fingerprint density at radius 2 is 1.75 bits per heavy atom. The van der Waals surface area contributed by atoms with Crippen LogP contribution in [-0.4, -0.2) is 44.8 Å². The zero-order valence-electron chi connectivity index (χ0n) is 19.9. The van der Waals surface area contributed by atoms with E-state index in [-0.39, 0.29) is 12.5 Å². The number of halogens is 1. The van der Waals surface area contributed by atoms with Crippen LogP contribution in [0.15, 0.2) is 71.8 Å². The highest BCUT2D eigenvalue weighted by Crippen LogP contribution is 2.30. The van der Waals surface area contributed by atoms with Crippen molar-refractivity contribution < 1.29 is 23.5 Å². The summed E-state index contributed by atoms with van der Waals surface area (Å²) < 4.78 is 24.1. The van der Waals surface area contributed by atoms with Crippen molar-refractivity contribution >= 4 is 29.4 Å². The molecule has 0 bridgehead atoms. The number of anilines is 2. The van der Waals surface area contributed by atoms with Gasteiger partial charge in [-0.1, -0.05) is 6.07 Å². The number of benzene rings is 3. The topological polar surface area (TPSA) is 92.3 Å². The summed E-state index contributed by atoms with van der Waals surface area (Å²) in [5.74, 6) is -0.475. The molecule has 1 fully saturated rings. The number of amides is 2. The maximum Gasteiger partial charge on any atom is 0.271 e. The minimum Gasteiger partial charge on any atom is -0.493 e. The summed E-state index contributed by atoms with van der Waals surface area (Å²) in [4.78, 5) is 27.1. The second-order valence-corrected chi connectivity index (χ2v) is 8.16. The molecule has 36 heavy (non-hydrogen) atoms. The van der Waals surface area contributed by atoms with Crippen LogP contribution in [0.5, 0.6) is 11.5 Å². The van der Waals surface area contributed by atoms with Crippen molar-refractivity contribution in [3.8, 4) is 11.5 Å². The molecule has 3 aromatic carbocycles. The molecule has 0 spiro atoms. The summed E-state index contributed by atoms with van der Waals surface area (Å²) in [5.41, 5.74) is 5.07. The van der Waals surface area contributed by atoms with Crippen LogP contribution in [0.3, 0.4) is 0 Å². The van der Waals surface area contributed by atoms with Crippen molar-refractivity contribution in [3.05, 3.63) is 83.7 Å². The molecular formula is C27H27FN4O4. The number of nitrogens with zero attached hydrogens (tertiary/aromatic N) is 2. The van der Waals surface area contributed by atoms with Gasteiger partial charge in [0.2, 0.25) is 0 Å². The summed E-state index contributed by atoms with van der Waals surface area (Å²) in [5, 5.41) is 6.68. The van der Waals surface area contributed by atoms with E-state index in [0.29, 0.717) is 28.3 Å². The van der Waals surface area contributed by atoms with Gasteiger partial charge in [-0.25, -0.2) is 9.82 Å². The molecule has 186 valence electrons. The van der Waals surface area contributed by atoms with E-state index in [1.165, 1.54) is 50.4 Å². The summed E-state index contributed by atoms with van der Waals surface area (Å²) in [6, 6.07) is 18.0. The Morgan fingerprint density at radius 1 is 1.03 bits per heavy atom. The normalized spacial score (nSPS) is 13.0. The SMILES string of the molecule is COc1cccc(/C=N\NC(=O)c2ccc(N3CCCC3)cc2)c1OCC(=O)Nc1ccc(F)cc1. The summed E-state index contributed by atoms with van der Waals surface area (Å²) >= 11 is 0. The smallest absolute Gasteiger partial charge is 0.271 e. The first-order chi connectivity index (χ1) is 17.5. The molecule has 1 saturated heterocycles. The van der Waals surface area contributed by atoms with Crippen LogP contribution in [0.1, 0.15) is 28.8 Å². The van der Waals surface area contributed by atoms with Gasteiger partial charge >= 0.3 is 0 Å². The van der Waals surface area contributed by atoms with E-state index in [1.54, 1.807) is 30.3 Å². The molecule has 8 nitrogen and oxygen atoms in total. The number of rotatable bonds is 9. The first-order valence-electron chi connectivity index (χ1n) is 11.6. The lowest BCUT2D eigenvalue weighted by atomic mass is 10.2. The molecule has 2 amide bonds. The quantitative estimate of drug-likeness (QED) is 0.346. The highest BCUT2D eigenvalue weighted by Gasteiger charge is 2.14. The van der Waals surface area contributed by atoms with E-state index in [4.69, 9.17) is 9.47 Å². The number of ether oxygens (including phenoxy) is 2. The van der Waals surface area contributed by atoms with Crippen molar-refractivity contribution in [2.75, 3.05) is 37.0 Å². The molecule has 0 radical (unpaired) electrons. The fourth-order valence-electron chi connectivity index (χ4n) is 3.84. The summed E-state index contributed by atoms with van der Waals surface area (Å²) in [6.07, 6.45) is 3.80. The monoisotopic (exact) mass is 490 g/mol. The molecule has 1 aliphatic heterocycles. The van der Waals surface area contributed by atoms with E-state index in [9.17, 15) is 14.0 Å². The molecule has 3 aromatic rings. The second kappa shape index (κ2) is 11.8. The predicted molar refractivity (Wildman–Crippen MR) is 136 cm³/mol. The van der Waals surface area contributed by atoms with Gasteiger partial charge < -0.3 is 19.7 Å². The molecule has 1 heterocycles. The van der Waals surface area contributed by atoms with Crippen molar-refractivity contribution in [1.29, 1.82) is 0 Å². The Morgan fingerprint density at radius 3 is 2.44 bits per heavy atom. The second-order valence-electron chi connectivity index (χ2n) is 8.16. The van der Waals surface area contributed by atoms with Crippen molar-refractivity contribution in [2.45, 2.75) is 12.8 Å². The van der Waals surface area contributed by atoms with Crippen LogP contribution in [0, 0.1) is 5.82 Å². The van der Waals surface area contributed by atoms with E-state index < -0.39 is 11.7 Å². The summed E-state index contributed by atoms with van der Waals surface area (Å²) in [6.45, 7) is 1.76. The Kier molecular flexibility index (Phi) is 8.12. The van der Waals surface area contributed by atoms with Gasteiger partial charge in [-0.3, -0.25) is 9.59 Å². The van der Waals surface area contributed by atoms with Gasteiger partial charge in [-0.2, -0.15) is 5.10 Å². The molecule has 9 heteroatoms. The number of hydrazone groups is 1. The van der Waals surface area contributed by atoms with E-state index in [1.807, 2.05) is 12.1 Å². The number of methoxy groups -OCH3 is 1. The molecule has 0 atom stereocenters. The molecular weight excluding hydrogens is 463 g/mol. The third-order valence-electron chi connectivity index (χ3n) is 5.68.